The minimum Gasteiger partial charge on any atom is -0.378 e. The number of hydrogen-bond donors (Lipinski definition) is 0. The van der Waals surface area contributed by atoms with Gasteiger partial charge >= 0.3 is 0 Å². The first-order valence-electron chi connectivity index (χ1n) is 6.21. The molecule has 1 fully saturated rings. The predicted octanol–water partition coefficient (Wildman–Crippen LogP) is 2.05. The molecule has 0 amide bonds. The first kappa shape index (κ1) is 16.2. The van der Waals surface area contributed by atoms with E-state index in [9.17, 15) is 18.5 Å². The summed E-state index contributed by atoms with van der Waals surface area (Å²) in [5, 5.41) is 10.9. The van der Waals surface area contributed by atoms with Gasteiger partial charge in [0.15, 0.2) is 4.90 Å². The number of ether oxygens (including phenoxy) is 1. The van der Waals surface area contributed by atoms with Gasteiger partial charge in [-0.05, 0) is 19.9 Å². The van der Waals surface area contributed by atoms with Crippen LogP contribution in [0.25, 0.3) is 0 Å². The number of nitro groups is 1. The van der Waals surface area contributed by atoms with E-state index in [-0.39, 0.29) is 24.8 Å². The number of nitro benzene ring substituents is 1. The summed E-state index contributed by atoms with van der Waals surface area (Å²) < 4.78 is 32.1. The van der Waals surface area contributed by atoms with Crippen LogP contribution < -0.4 is 0 Å². The fourth-order valence-corrected chi connectivity index (χ4v) is 4.72. The minimum absolute atomic E-state index is 0.123. The fourth-order valence-electron chi connectivity index (χ4n) is 2.30. The summed E-state index contributed by atoms with van der Waals surface area (Å²) >= 11 is 5.93. The molecule has 1 aliphatic rings. The van der Waals surface area contributed by atoms with Crippen LogP contribution in [0.5, 0.6) is 0 Å². The van der Waals surface area contributed by atoms with E-state index >= 15 is 0 Å². The minimum atomic E-state index is -4.10. The lowest BCUT2D eigenvalue weighted by molar-refractivity contribution is -0.387. The van der Waals surface area contributed by atoms with Gasteiger partial charge in [-0.15, -0.1) is 0 Å². The van der Waals surface area contributed by atoms with Gasteiger partial charge in [-0.1, -0.05) is 17.7 Å². The zero-order valence-corrected chi connectivity index (χ0v) is 13.1. The van der Waals surface area contributed by atoms with Crippen molar-refractivity contribution in [3.8, 4) is 0 Å². The Kier molecular flexibility index (Phi) is 4.25. The molecule has 116 valence electrons. The molecule has 0 unspecified atom stereocenters. The lowest BCUT2D eigenvalue weighted by atomic mass is 10.1. The summed E-state index contributed by atoms with van der Waals surface area (Å²) in [6, 6.07) is 3.81. The molecule has 1 heterocycles. The van der Waals surface area contributed by atoms with Gasteiger partial charge in [-0.2, -0.15) is 4.31 Å². The van der Waals surface area contributed by atoms with E-state index in [2.05, 4.69) is 0 Å². The van der Waals surface area contributed by atoms with Crippen molar-refractivity contribution in [3.05, 3.63) is 33.3 Å². The van der Waals surface area contributed by atoms with E-state index in [1.54, 1.807) is 13.8 Å². The molecule has 21 heavy (non-hydrogen) atoms. The highest BCUT2D eigenvalue weighted by molar-refractivity contribution is 7.89. The van der Waals surface area contributed by atoms with Crippen molar-refractivity contribution in [2.45, 2.75) is 24.3 Å². The smallest absolute Gasteiger partial charge is 0.290 e. The molecule has 9 heteroatoms. The molecule has 1 saturated heterocycles. The van der Waals surface area contributed by atoms with E-state index in [1.165, 1.54) is 16.4 Å². The Labute approximate surface area is 127 Å². The van der Waals surface area contributed by atoms with E-state index in [0.29, 0.717) is 0 Å². The molecule has 0 spiro atoms. The number of hydrogen-bond acceptors (Lipinski definition) is 5. The molecule has 0 N–H and O–H groups in total. The largest absolute Gasteiger partial charge is 0.378 e. The predicted molar refractivity (Wildman–Crippen MR) is 76.9 cm³/mol. The molecule has 1 aliphatic heterocycles. The lowest BCUT2D eigenvalue weighted by Crippen LogP contribution is -2.55. The van der Waals surface area contributed by atoms with E-state index < -0.39 is 31.1 Å². The molecule has 2 rings (SSSR count). The SMILES string of the molecule is CC1(C)COCCN1S(=O)(=O)c1c(Cl)cccc1[N+](=O)[O-]. The molecule has 0 radical (unpaired) electrons. The van der Waals surface area contributed by atoms with Gasteiger partial charge in [-0.25, -0.2) is 8.42 Å². The van der Waals surface area contributed by atoms with Crippen LogP contribution in [-0.4, -0.2) is 42.9 Å². The Bertz CT molecular complexity index is 674. The second-order valence-electron chi connectivity index (χ2n) is 5.29. The summed E-state index contributed by atoms with van der Waals surface area (Å²) in [5.74, 6) is 0. The highest BCUT2D eigenvalue weighted by Gasteiger charge is 2.43. The standard InChI is InChI=1S/C12H15ClN2O5S/c1-12(2)8-20-7-6-14(12)21(18,19)11-9(13)4-3-5-10(11)15(16)17/h3-5H,6-8H2,1-2H3. The van der Waals surface area contributed by atoms with Gasteiger partial charge in [0.25, 0.3) is 15.7 Å². The van der Waals surface area contributed by atoms with Crippen LogP contribution in [-0.2, 0) is 14.8 Å². The third-order valence-corrected chi connectivity index (χ3v) is 5.89. The molecule has 0 aromatic heterocycles. The van der Waals surface area contributed by atoms with Crippen LogP contribution in [0.3, 0.4) is 0 Å². The molecule has 1 aromatic carbocycles. The molecule has 0 bridgehead atoms. The van der Waals surface area contributed by atoms with Crippen molar-refractivity contribution in [2.75, 3.05) is 19.8 Å². The van der Waals surface area contributed by atoms with Crippen molar-refractivity contribution in [1.29, 1.82) is 0 Å². The Balaban J connectivity index is 2.62. The van der Waals surface area contributed by atoms with Gasteiger partial charge in [0.2, 0.25) is 0 Å². The Morgan fingerprint density at radius 2 is 2.10 bits per heavy atom. The monoisotopic (exact) mass is 334 g/mol. The summed E-state index contributed by atoms with van der Waals surface area (Å²) in [4.78, 5) is 9.89. The highest BCUT2D eigenvalue weighted by atomic mass is 35.5. The third-order valence-electron chi connectivity index (χ3n) is 3.26. The summed E-state index contributed by atoms with van der Waals surface area (Å²) in [6.07, 6.45) is 0. The molecule has 0 aliphatic carbocycles. The first-order chi connectivity index (χ1) is 9.68. The Morgan fingerprint density at radius 3 is 2.67 bits per heavy atom. The average Bonchev–Trinajstić information content (AvgIpc) is 2.37. The van der Waals surface area contributed by atoms with Crippen molar-refractivity contribution in [3.63, 3.8) is 0 Å². The number of morpholine rings is 1. The molecule has 1 aromatic rings. The highest BCUT2D eigenvalue weighted by Crippen LogP contribution is 2.36. The van der Waals surface area contributed by atoms with Crippen LogP contribution in [0.1, 0.15) is 13.8 Å². The van der Waals surface area contributed by atoms with E-state index in [4.69, 9.17) is 16.3 Å². The fraction of sp³-hybridized carbons (Fsp3) is 0.500. The number of halogens is 1. The maximum absolute atomic E-state index is 12.8. The van der Waals surface area contributed by atoms with Gasteiger partial charge in [0, 0.05) is 12.6 Å². The van der Waals surface area contributed by atoms with Gasteiger partial charge in [0.05, 0.1) is 28.7 Å². The number of benzene rings is 1. The van der Waals surface area contributed by atoms with Gasteiger partial charge in [-0.3, -0.25) is 10.1 Å². The van der Waals surface area contributed by atoms with Gasteiger partial charge in [0.1, 0.15) is 0 Å². The molecule has 7 nitrogen and oxygen atoms in total. The third kappa shape index (κ3) is 2.89. The lowest BCUT2D eigenvalue weighted by Gasteiger charge is -2.40. The maximum Gasteiger partial charge on any atom is 0.290 e. The maximum atomic E-state index is 12.8. The van der Waals surface area contributed by atoms with Crippen LogP contribution in [0.4, 0.5) is 5.69 Å². The molecule has 0 atom stereocenters. The first-order valence-corrected chi connectivity index (χ1v) is 8.03. The van der Waals surface area contributed by atoms with Crippen molar-refractivity contribution in [1.82, 2.24) is 4.31 Å². The quantitative estimate of drug-likeness (QED) is 0.623. The van der Waals surface area contributed by atoms with Crippen LogP contribution >= 0.6 is 11.6 Å². The Morgan fingerprint density at radius 1 is 1.43 bits per heavy atom. The normalized spacial score (nSPS) is 19.4. The van der Waals surface area contributed by atoms with E-state index in [0.717, 1.165) is 6.07 Å². The average molecular weight is 335 g/mol. The zero-order chi connectivity index (χ0) is 15.8. The van der Waals surface area contributed by atoms with Crippen LogP contribution in [0, 0.1) is 10.1 Å². The van der Waals surface area contributed by atoms with E-state index in [1.807, 2.05) is 0 Å². The number of rotatable bonds is 3. The summed E-state index contributed by atoms with van der Waals surface area (Å²) in [5.41, 5.74) is -1.32. The molecular formula is C12H15ClN2O5S. The van der Waals surface area contributed by atoms with Crippen LogP contribution in [0.15, 0.2) is 23.1 Å². The van der Waals surface area contributed by atoms with Crippen molar-refractivity contribution < 1.29 is 18.1 Å². The van der Waals surface area contributed by atoms with Crippen molar-refractivity contribution in [2.24, 2.45) is 0 Å². The molecule has 0 saturated carbocycles. The topological polar surface area (TPSA) is 89.8 Å². The van der Waals surface area contributed by atoms with Crippen molar-refractivity contribution >= 4 is 27.3 Å². The zero-order valence-electron chi connectivity index (χ0n) is 11.6. The summed E-state index contributed by atoms with van der Waals surface area (Å²) in [6.45, 7) is 3.97. The van der Waals surface area contributed by atoms with Crippen LogP contribution in [0.2, 0.25) is 5.02 Å². The Hall–Kier alpha value is -1.22. The van der Waals surface area contributed by atoms with Gasteiger partial charge < -0.3 is 4.74 Å². The second-order valence-corrected chi connectivity index (χ2v) is 7.49. The number of nitrogens with zero attached hydrogens (tertiary/aromatic N) is 2. The summed E-state index contributed by atoms with van der Waals surface area (Å²) in [7, 11) is -4.10. The second kappa shape index (κ2) is 5.53. The number of sulfonamides is 1. The molecular weight excluding hydrogens is 320 g/mol.